The van der Waals surface area contributed by atoms with Gasteiger partial charge in [0.15, 0.2) is 0 Å². The molecule has 2 heterocycles. The number of rotatable bonds is 5. The topological polar surface area (TPSA) is 95.7 Å². The maximum atomic E-state index is 12.7. The quantitative estimate of drug-likeness (QED) is 0.842. The number of aryl methyl sites for hydroxylation is 1. The number of carbonyl (C=O) groups excluding carboxylic acids is 2. The maximum Gasteiger partial charge on any atom is 0.243 e. The molecule has 1 aromatic carbocycles. The zero-order valence-electron chi connectivity index (χ0n) is 14.9. The van der Waals surface area contributed by atoms with Crippen molar-refractivity contribution in [1.82, 2.24) is 15.4 Å². The maximum absolute atomic E-state index is 12.7. The molecule has 1 aliphatic heterocycles. The summed E-state index contributed by atoms with van der Waals surface area (Å²) < 4.78 is 5.08. The Labute approximate surface area is 152 Å². The largest absolute Gasteiger partial charge is 0.391 e. The number of likely N-dealkylation sites (tertiary alicyclic amines) is 1. The standard InChI is InChI=1S/C19H23N3O4/c1-12-8-16(26-21-12)10-18(24)22-11-15(23)9-17(22)19(25)20-13(2)14-6-4-3-5-7-14/h3-8,13,15,17,23H,9-11H2,1-2H3,(H,20,25). The number of hydrogen-bond acceptors (Lipinski definition) is 5. The zero-order chi connectivity index (χ0) is 18.7. The number of nitrogens with one attached hydrogen (secondary N) is 1. The van der Waals surface area contributed by atoms with Crippen LogP contribution in [0.4, 0.5) is 0 Å². The molecule has 2 aromatic rings. The number of β-amino-alcohol motifs (C(OH)–C–C–N with tert-alkyl or cyclic N) is 1. The van der Waals surface area contributed by atoms with Crippen LogP contribution in [0.15, 0.2) is 40.9 Å². The second-order valence-electron chi connectivity index (χ2n) is 6.70. The van der Waals surface area contributed by atoms with E-state index in [4.69, 9.17) is 4.52 Å². The highest BCUT2D eigenvalue weighted by molar-refractivity contribution is 5.89. The number of aliphatic hydroxyl groups excluding tert-OH is 1. The van der Waals surface area contributed by atoms with Gasteiger partial charge in [-0.15, -0.1) is 0 Å². The van der Waals surface area contributed by atoms with Crippen LogP contribution < -0.4 is 5.32 Å². The summed E-state index contributed by atoms with van der Waals surface area (Å²) in [4.78, 5) is 26.7. The normalized spacial score (nSPS) is 20.8. The molecule has 0 saturated carbocycles. The second-order valence-corrected chi connectivity index (χ2v) is 6.70. The van der Waals surface area contributed by atoms with Gasteiger partial charge in [-0.1, -0.05) is 35.5 Å². The lowest BCUT2D eigenvalue weighted by atomic mass is 10.1. The lowest BCUT2D eigenvalue weighted by Gasteiger charge is -2.25. The van der Waals surface area contributed by atoms with Gasteiger partial charge in [-0.2, -0.15) is 0 Å². The van der Waals surface area contributed by atoms with Crippen LogP contribution in [0.2, 0.25) is 0 Å². The number of benzene rings is 1. The fourth-order valence-electron chi connectivity index (χ4n) is 3.22. The van der Waals surface area contributed by atoms with Gasteiger partial charge in [0.05, 0.1) is 24.3 Å². The Morgan fingerprint density at radius 2 is 2.12 bits per heavy atom. The highest BCUT2D eigenvalue weighted by Gasteiger charge is 2.39. The first-order valence-electron chi connectivity index (χ1n) is 8.69. The van der Waals surface area contributed by atoms with E-state index in [1.807, 2.05) is 37.3 Å². The van der Waals surface area contributed by atoms with E-state index in [0.717, 1.165) is 5.56 Å². The third kappa shape index (κ3) is 4.11. The summed E-state index contributed by atoms with van der Waals surface area (Å²) in [6.07, 6.45) is -0.460. The molecule has 2 amide bonds. The summed E-state index contributed by atoms with van der Waals surface area (Å²) in [6, 6.07) is 10.4. The molecule has 1 saturated heterocycles. The van der Waals surface area contributed by atoms with Gasteiger partial charge >= 0.3 is 0 Å². The van der Waals surface area contributed by atoms with Crippen molar-refractivity contribution in [3.63, 3.8) is 0 Å². The van der Waals surface area contributed by atoms with Gasteiger partial charge < -0.3 is 19.8 Å². The van der Waals surface area contributed by atoms with E-state index in [2.05, 4.69) is 10.5 Å². The minimum absolute atomic E-state index is 0.0194. The van der Waals surface area contributed by atoms with Crippen LogP contribution in [0.25, 0.3) is 0 Å². The average Bonchev–Trinajstić information content (AvgIpc) is 3.21. The van der Waals surface area contributed by atoms with Crippen LogP contribution in [-0.2, 0) is 16.0 Å². The van der Waals surface area contributed by atoms with Crippen LogP contribution in [-0.4, -0.2) is 45.7 Å². The van der Waals surface area contributed by atoms with E-state index in [1.54, 1.807) is 13.0 Å². The molecule has 3 atom stereocenters. The smallest absolute Gasteiger partial charge is 0.243 e. The third-order valence-electron chi connectivity index (χ3n) is 4.56. The van der Waals surface area contributed by atoms with Crippen molar-refractivity contribution in [2.45, 2.75) is 44.9 Å². The Hall–Kier alpha value is -2.67. The van der Waals surface area contributed by atoms with Gasteiger partial charge in [-0.3, -0.25) is 9.59 Å². The van der Waals surface area contributed by atoms with Gasteiger partial charge in [0.1, 0.15) is 11.8 Å². The highest BCUT2D eigenvalue weighted by Crippen LogP contribution is 2.21. The monoisotopic (exact) mass is 357 g/mol. The third-order valence-corrected chi connectivity index (χ3v) is 4.56. The van der Waals surface area contributed by atoms with Crippen LogP contribution in [0.1, 0.15) is 36.4 Å². The predicted octanol–water partition coefficient (Wildman–Crippen LogP) is 1.36. The van der Waals surface area contributed by atoms with E-state index in [9.17, 15) is 14.7 Å². The van der Waals surface area contributed by atoms with E-state index in [1.165, 1.54) is 4.90 Å². The van der Waals surface area contributed by atoms with Crippen LogP contribution >= 0.6 is 0 Å². The Morgan fingerprint density at radius 1 is 1.38 bits per heavy atom. The molecule has 1 aliphatic rings. The van der Waals surface area contributed by atoms with Gasteiger partial charge in [-0.05, 0) is 19.4 Å². The Balaban J connectivity index is 1.66. The van der Waals surface area contributed by atoms with Crippen molar-refractivity contribution in [3.8, 4) is 0 Å². The van der Waals surface area contributed by atoms with Crippen LogP contribution in [0.5, 0.6) is 0 Å². The first-order chi connectivity index (χ1) is 12.4. The Morgan fingerprint density at radius 3 is 2.77 bits per heavy atom. The van der Waals surface area contributed by atoms with E-state index < -0.39 is 12.1 Å². The highest BCUT2D eigenvalue weighted by atomic mass is 16.5. The zero-order valence-corrected chi connectivity index (χ0v) is 14.9. The number of aliphatic hydroxyl groups is 1. The lowest BCUT2D eigenvalue weighted by molar-refractivity contribution is -0.138. The molecule has 0 aliphatic carbocycles. The molecule has 1 aromatic heterocycles. The lowest BCUT2D eigenvalue weighted by Crippen LogP contribution is -2.47. The fourth-order valence-corrected chi connectivity index (χ4v) is 3.22. The Kier molecular flexibility index (Phi) is 5.37. The molecule has 7 nitrogen and oxygen atoms in total. The molecule has 138 valence electrons. The summed E-state index contributed by atoms with van der Waals surface area (Å²) >= 11 is 0. The van der Waals surface area contributed by atoms with Crippen LogP contribution in [0, 0.1) is 6.92 Å². The molecule has 1 fully saturated rings. The van der Waals surface area contributed by atoms with Crippen molar-refractivity contribution < 1.29 is 19.2 Å². The van der Waals surface area contributed by atoms with Crippen molar-refractivity contribution in [2.75, 3.05) is 6.54 Å². The van der Waals surface area contributed by atoms with Crippen molar-refractivity contribution in [2.24, 2.45) is 0 Å². The molecule has 0 bridgehead atoms. The van der Waals surface area contributed by atoms with E-state index in [0.29, 0.717) is 11.5 Å². The minimum atomic E-state index is -0.710. The predicted molar refractivity (Wildman–Crippen MR) is 94.1 cm³/mol. The molecular formula is C19H23N3O4. The van der Waals surface area contributed by atoms with Gasteiger partial charge in [-0.25, -0.2) is 0 Å². The summed E-state index contributed by atoms with van der Waals surface area (Å²) in [5, 5.41) is 16.7. The second kappa shape index (κ2) is 7.70. The molecule has 3 rings (SSSR count). The van der Waals surface area contributed by atoms with Crippen molar-refractivity contribution >= 4 is 11.8 Å². The van der Waals surface area contributed by atoms with Gasteiger partial charge in [0.2, 0.25) is 11.8 Å². The number of hydrogen-bond donors (Lipinski definition) is 2. The molecule has 2 N–H and O–H groups in total. The number of carbonyl (C=O) groups is 2. The molecule has 0 spiro atoms. The minimum Gasteiger partial charge on any atom is -0.391 e. The van der Waals surface area contributed by atoms with Crippen molar-refractivity contribution in [3.05, 3.63) is 53.4 Å². The van der Waals surface area contributed by atoms with E-state index in [-0.39, 0.29) is 37.2 Å². The summed E-state index contributed by atoms with van der Waals surface area (Å²) in [5.41, 5.74) is 1.68. The van der Waals surface area contributed by atoms with Gasteiger partial charge in [0.25, 0.3) is 0 Å². The molecule has 3 unspecified atom stereocenters. The summed E-state index contributed by atoms with van der Waals surface area (Å²) in [7, 11) is 0. The first-order valence-corrected chi connectivity index (χ1v) is 8.69. The average molecular weight is 357 g/mol. The SMILES string of the molecule is Cc1cc(CC(=O)N2CC(O)CC2C(=O)NC(C)c2ccccc2)on1. The van der Waals surface area contributed by atoms with E-state index >= 15 is 0 Å². The number of aromatic nitrogens is 1. The first kappa shape index (κ1) is 18.1. The molecule has 26 heavy (non-hydrogen) atoms. The Bertz CT molecular complexity index is 774. The molecular weight excluding hydrogens is 334 g/mol. The molecule has 0 radical (unpaired) electrons. The fraction of sp³-hybridized carbons (Fsp3) is 0.421. The summed E-state index contributed by atoms with van der Waals surface area (Å²) in [5.74, 6) is -0.0732. The van der Waals surface area contributed by atoms with Crippen LogP contribution in [0.3, 0.4) is 0 Å². The summed E-state index contributed by atoms with van der Waals surface area (Å²) in [6.45, 7) is 3.81. The van der Waals surface area contributed by atoms with Crippen molar-refractivity contribution in [1.29, 1.82) is 0 Å². The number of amides is 2. The van der Waals surface area contributed by atoms with Gasteiger partial charge in [0, 0.05) is 19.0 Å². The number of nitrogens with zero attached hydrogens (tertiary/aromatic N) is 2. The molecule has 7 heteroatoms.